The van der Waals surface area contributed by atoms with Gasteiger partial charge in [-0.05, 0) is 55.5 Å². The molecule has 0 fully saturated rings. The van der Waals surface area contributed by atoms with E-state index >= 15 is 0 Å². The van der Waals surface area contributed by atoms with Gasteiger partial charge in [0, 0.05) is 16.7 Å². The van der Waals surface area contributed by atoms with Gasteiger partial charge in [0.1, 0.15) is 18.5 Å². The van der Waals surface area contributed by atoms with Gasteiger partial charge in [-0.15, -0.1) is 0 Å². The predicted molar refractivity (Wildman–Crippen MR) is 93.8 cm³/mol. The summed E-state index contributed by atoms with van der Waals surface area (Å²) in [6.07, 6.45) is -1.13. The molecule has 0 saturated heterocycles. The number of nitrogens with one attached hydrogen (secondary N) is 1. The molecule has 0 unspecified atom stereocenters. The zero-order valence-electron chi connectivity index (χ0n) is 14.1. The monoisotopic (exact) mass is 355 g/mol. The fourth-order valence-electron chi connectivity index (χ4n) is 2.18. The van der Waals surface area contributed by atoms with Crippen LogP contribution in [0.1, 0.15) is 28.4 Å². The zero-order valence-corrected chi connectivity index (χ0v) is 14.1. The third-order valence-electron chi connectivity index (χ3n) is 3.61. The summed E-state index contributed by atoms with van der Waals surface area (Å²) < 4.78 is 12.8. The molecule has 2 aromatic carbocycles. The Morgan fingerprint density at radius 1 is 1.04 bits per heavy atom. The first-order chi connectivity index (χ1) is 12.4. The predicted octanol–water partition coefficient (Wildman–Crippen LogP) is 1.27. The van der Waals surface area contributed by atoms with E-state index in [-0.39, 0.29) is 11.4 Å². The Hall–Kier alpha value is -3.01. The highest BCUT2D eigenvalue weighted by molar-refractivity contribution is 5.98. The number of hydrogen-bond donors (Lipinski definition) is 3. The maximum absolute atomic E-state index is 12.8. The van der Waals surface area contributed by atoms with Gasteiger partial charge < -0.3 is 15.5 Å². The molecule has 1 amide bonds. The molecular weight excluding hydrogens is 337 g/mol. The van der Waals surface area contributed by atoms with Crippen molar-refractivity contribution in [2.45, 2.75) is 19.1 Å². The molecule has 26 heavy (non-hydrogen) atoms. The van der Waals surface area contributed by atoms with E-state index in [1.54, 1.807) is 24.3 Å². The first-order valence-electron chi connectivity index (χ1n) is 7.91. The fraction of sp³-hybridized carbons (Fsp3) is 0.200. The number of halogens is 1. The molecule has 134 valence electrons. The number of hydrogen-bond acceptors (Lipinski definition) is 4. The van der Waals surface area contributed by atoms with Crippen molar-refractivity contribution >= 4 is 11.7 Å². The highest BCUT2D eigenvalue weighted by Gasteiger charge is 2.25. The molecule has 6 heteroatoms. The van der Waals surface area contributed by atoms with Crippen LogP contribution in [0.25, 0.3) is 0 Å². The first-order valence-corrected chi connectivity index (χ1v) is 7.91. The second kappa shape index (κ2) is 8.90. The van der Waals surface area contributed by atoms with E-state index in [0.717, 1.165) is 0 Å². The Morgan fingerprint density at radius 3 is 2.00 bits per heavy atom. The van der Waals surface area contributed by atoms with E-state index in [2.05, 4.69) is 17.2 Å². The summed E-state index contributed by atoms with van der Waals surface area (Å²) in [4.78, 5) is 23.7. The van der Waals surface area contributed by atoms with Gasteiger partial charge in [-0.2, -0.15) is 0 Å². The Morgan fingerprint density at radius 2 is 1.54 bits per heavy atom. The topological polar surface area (TPSA) is 86.6 Å². The normalized spacial score (nSPS) is 12.5. The summed E-state index contributed by atoms with van der Waals surface area (Å²) in [5, 5.41) is 20.9. The molecule has 0 heterocycles. The van der Waals surface area contributed by atoms with E-state index < -0.39 is 30.4 Å². The average Bonchev–Trinajstić information content (AvgIpc) is 2.65. The molecule has 2 rings (SSSR count). The number of Topliss-reactive ketones (excluding diaryl/α,β-unsaturated/α-hetero) is 1. The van der Waals surface area contributed by atoms with Crippen LogP contribution in [0.2, 0.25) is 0 Å². The van der Waals surface area contributed by atoms with Crippen molar-refractivity contribution in [3.05, 3.63) is 71.0 Å². The highest BCUT2D eigenvalue weighted by Crippen LogP contribution is 2.06. The molecular formula is C20H18FNO4. The van der Waals surface area contributed by atoms with E-state index in [9.17, 15) is 19.1 Å². The van der Waals surface area contributed by atoms with Crippen LogP contribution in [-0.4, -0.2) is 40.7 Å². The third-order valence-corrected chi connectivity index (χ3v) is 3.61. The standard InChI is InChI=1S/C20H18FNO4/c1-13(24)19(18(25)12-23)22-20(26)16-8-4-14(5-9-16)2-3-15-6-10-17(21)11-7-15/h4-11,13,19,23-24H,12H2,1H3,(H,22,26)/t13-,19+/m1/s1. The van der Waals surface area contributed by atoms with Gasteiger partial charge in [0.05, 0.1) is 6.10 Å². The van der Waals surface area contributed by atoms with Gasteiger partial charge in [0.15, 0.2) is 5.78 Å². The molecule has 0 aliphatic rings. The molecule has 0 aliphatic heterocycles. The minimum Gasteiger partial charge on any atom is -0.391 e. The van der Waals surface area contributed by atoms with Crippen molar-refractivity contribution < 1.29 is 24.2 Å². The molecule has 2 atom stereocenters. The van der Waals surface area contributed by atoms with Crippen LogP contribution < -0.4 is 5.32 Å². The van der Waals surface area contributed by atoms with Gasteiger partial charge >= 0.3 is 0 Å². The van der Waals surface area contributed by atoms with Crippen LogP contribution in [0, 0.1) is 17.7 Å². The Balaban J connectivity index is 2.08. The lowest BCUT2D eigenvalue weighted by atomic mass is 10.1. The average molecular weight is 355 g/mol. The van der Waals surface area contributed by atoms with Crippen LogP contribution in [0.5, 0.6) is 0 Å². The Bertz CT molecular complexity index is 833. The van der Waals surface area contributed by atoms with Gasteiger partial charge in [-0.25, -0.2) is 4.39 Å². The number of carbonyl (C=O) groups is 2. The molecule has 0 aliphatic carbocycles. The van der Waals surface area contributed by atoms with E-state index in [4.69, 9.17) is 5.11 Å². The Labute approximate surface area is 150 Å². The molecule has 3 N–H and O–H groups in total. The summed E-state index contributed by atoms with van der Waals surface area (Å²) in [5.41, 5.74) is 1.61. The maximum Gasteiger partial charge on any atom is 0.251 e. The van der Waals surface area contributed by atoms with Gasteiger partial charge in [-0.1, -0.05) is 11.8 Å². The van der Waals surface area contributed by atoms with Crippen LogP contribution >= 0.6 is 0 Å². The minimum atomic E-state index is -1.18. The zero-order chi connectivity index (χ0) is 19.1. The van der Waals surface area contributed by atoms with Crippen LogP contribution in [0.3, 0.4) is 0 Å². The van der Waals surface area contributed by atoms with E-state index in [0.29, 0.717) is 11.1 Å². The quantitative estimate of drug-likeness (QED) is 0.705. The highest BCUT2D eigenvalue weighted by atomic mass is 19.1. The van der Waals surface area contributed by atoms with Crippen molar-refractivity contribution in [3.63, 3.8) is 0 Å². The summed E-state index contributed by atoms with van der Waals surface area (Å²) in [6, 6.07) is 10.9. The van der Waals surface area contributed by atoms with Crippen molar-refractivity contribution in [2.24, 2.45) is 0 Å². The van der Waals surface area contributed by atoms with Gasteiger partial charge in [0.25, 0.3) is 5.91 Å². The lowest BCUT2D eigenvalue weighted by Gasteiger charge is -2.19. The maximum atomic E-state index is 12.8. The number of aliphatic hydroxyl groups excluding tert-OH is 2. The summed E-state index contributed by atoms with van der Waals surface area (Å²) in [6.45, 7) is 0.584. The van der Waals surface area contributed by atoms with E-state index in [1.807, 2.05) is 0 Å². The first kappa shape index (κ1) is 19.3. The second-order valence-corrected chi connectivity index (χ2v) is 5.65. The SMILES string of the molecule is C[C@@H](O)[C@H](NC(=O)c1ccc(C#Cc2ccc(F)cc2)cc1)C(=O)CO. The van der Waals surface area contributed by atoms with Crippen molar-refractivity contribution in [1.29, 1.82) is 0 Å². The number of rotatable bonds is 5. The summed E-state index contributed by atoms with van der Waals surface area (Å²) >= 11 is 0. The van der Waals surface area contributed by atoms with Crippen LogP contribution in [0.4, 0.5) is 4.39 Å². The molecule has 0 aromatic heterocycles. The molecule has 2 aromatic rings. The fourth-order valence-corrected chi connectivity index (χ4v) is 2.18. The number of aliphatic hydroxyl groups is 2. The van der Waals surface area contributed by atoms with E-state index in [1.165, 1.54) is 31.2 Å². The minimum absolute atomic E-state index is 0.286. The molecule has 0 saturated carbocycles. The molecule has 0 spiro atoms. The second-order valence-electron chi connectivity index (χ2n) is 5.65. The van der Waals surface area contributed by atoms with Crippen molar-refractivity contribution in [2.75, 3.05) is 6.61 Å². The number of carbonyl (C=O) groups excluding carboxylic acids is 2. The third kappa shape index (κ3) is 5.24. The molecule has 5 nitrogen and oxygen atoms in total. The number of ketones is 1. The van der Waals surface area contributed by atoms with Gasteiger partial charge in [0.2, 0.25) is 0 Å². The lowest BCUT2D eigenvalue weighted by Crippen LogP contribution is -2.48. The number of amides is 1. The van der Waals surface area contributed by atoms with Crippen LogP contribution in [0.15, 0.2) is 48.5 Å². The van der Waals surface area contributed by atoms with Crippen molar-refractivity contribution in [3.8, 4) is 11.8 Å². The van der Waals surface area contributed by atoms with Gasteiger partial charge in [-0.3, -0.25) is 9.59 Å². The lowest BCUT2D eigenvalue weighted by molar-refractivity contribution is -0.125. The molecule has 0 bridgehead atoms. The van der Waals surface area contributed by atoms with Crippen LogP contribution in [-0.2, 0) is 4.79 Å². The number of benzene rings is 2. The largest absolute Gasteiger partial charge is 0.391 e. The Kier molecular flexibility index (Phi) is 6.61. The van der Waals surface area contributed by atoms with Crippen molar-refractivity contribution in [1.82, 2.24) is 5.32 Å². The summed E-state index contributed by atoms with van der Waals surface area (Å²) in [5.74, 6) is 4.24. The summed E-state index contributed by atoms with van der Waals surface area (Å²) in [7, 11) is 0. The molecule has 0 radical (unpaired) electrons. The smallest absolute Gasteiger partial charge is 0.251 e.